The maximum atomic E-state index is 14.1. The first kappa shape index (κ1) is 13.4. The van der Waals surface area contributed by atoms with Crippen molar-refractivity contribution in [3.05, 3.63) is 38.7 Å². The highest BCUT2D eigenvalue weighted by atomic mass is 79.9. The van der Waals surface area contributed by atoms with E-state index in [9.17, 15) is 8.78 Å². The maximum absolute atomic E-state index is 14.1. The summed E-state index contributed by atoms with van der Waals surface area (Å²) < 4.78 is 31.2. The monoisotopic (exact) mass is 358 g/mol. The highest BCUT2D eigenvalue weighted by molar-refractivity contribution is 9.10. The summed E-state index contributed by atoms with van der Waals surface area (Å²) in [5, 5.41) is 4.24. The van der Waals surface area contributed by atoms with E-state index >= 15 is 0 Å². The molecule has 0 amide bonds. The van der Waals surface area contributed by atoms with Gasteiger partial charge in [0.25, 0.3) is 0 Å². The van der Waals surface area contributed by atoms with Gasteiger partial charge in [0.2, 0.25) is 0 Å². The third-order valence-corrected chi connectivity index (χ3v) is 3.96. The van der Waals surface area contributed by atoms with Crippen molar-refractivity contribution >= 4 is 39.3 Å². The van der Waals surface area contributed by atoms with Crippen LogP contribution in [0.15, 0.2) is 16.6 Å². The van der Waals surface area contributed by atoms with Gasteiger partial charge in [-0.15, -0.1) is 0 Å². The second-order valence-corrected chi connectivity index (χ2v) is 5.63. The molecule has 3 rings (SSSR count). The Kier molecular flexibility index (Phi) is 3.02. The van der Waals surface area contributed by atoms with E-state index in [1.165, 1.54) is 4.57 Å². The van der Waals surface area contributed by atoms with E-state index in [-0.39, 0.29) is 14.9 Å². The zero-order valence-corrected chi connectivity index (χ0v) is 12.9. The molecule has 0 aliphatic rings. The standard InChI is InChI=1S/C12H9BrF2N4S/c1-5-10-11(18(2)17-5)19(12(20)16-10)9-4-7(14)6(13)3-8(9)15/h3-4H,1-2H3,(H,16,20). The number of nitrogens with one attached hydrogen (secondary N) is 1. The van der Waals surface area contributed by atoms with Crippen molar-refractivity contribution in [3.8, 4) is 5.69 Å². The molecule has 1 aromatic carbocycles. The number of hydrogen-bond acceptors (Lipinski definition) is 2. The zero-order valence-electron chi connectivity index (χ0n) is 10.5. The molecule has 0 unspecified atom stereocenters. The number of hydrogen-bond donors (Lipinski definition) is 1. The van der Waals surface area contributed by atoms with Crippen LogP contribution in [0.4, 0.5) is 8.78 Å². The Labute approximate surface area is 126 Å². The Bertz CT molecular complexity index is 893. The average Bonchev–Trinajstić information content (AvgIpc) is 2.83. The molecule has 3 aromatic rings. The summed E-state index contributed by atoms with van der Waals surface area (Å²) in [5.41, 5.74) is 2.09. The van der Waals surface area contributed by atoms with E-state index in [1.54, 1.807) is 11.7 Å². The number of aryl methyl sites for hydroxylation is 2. The zero-order chi connectivity index (χ0) is 14.6. The van der Waals surface area contributed by atoms with Gasteiger partial charge in [0, 0.05) is 13.1 Å². The smallest absolute Gasteiger partial charge is 0.184 e. The Morgan fingerprint density at radius 2 is 2.00 bits per heavy atom. The summed E-state index contributed by atoms with van der Waals surface area (Å²) in [6, 6.07) is 2.18. The second-order valence-electron chi connectivity index (χ2n) is 4.39. The van der Waals surface area contributed by atoms with Gasteiger partial charge in [-0.3, -0.25) is 4.57 Å². The first-order valence-corrected chi connectivity index (χ1v) is 6.89. The number of rotatable bonds is 1. The van der Waals surface area contributed by atoms with E-state index in [0.717, 1.165) is 17.8 Å². The first-order chi connectivity index (χ1) is 9.40. The molecule has 2 aromatic heterocycles. The topological polar surface area (TPSA) is 38.5 Å². The van der Waals surface area contributed by atoms with Crippen molar-refractivity contribution in [2.45, 2.75) is 6.92 Å². The van der Waals surface area contributed by atoms with E-state index in [4.69, 9.17) is 12.2 Å². The first-order valence-electron chi connectivity index (χ1n) is 5.69. The van der Waals surface area contributed by atoms with E-state index in [2.05, 4.69) is 26.0 Å². The summed E-state index contributed by atoms with van der Waals surface area (Å²) in [7, 11) is 1.72. The maximum Gasteiger partial charge on any atom is 0.184 e. The quantitative estimate of drug-likeness (QED) is 0.531. The number of H-pyrrole nitrogens is 1. The number of benzene rings is 1. The molecule has 0 saturated carbocycles. The van der Waals surface area contributed by atoms with Gasteiger partial charge >= 0.3 is 0 Å². The molecule has 4 nitrogen and oxygen atoms in total. The Balaban J connectivity index is 2.44. The molecule has 0 aliphatic heterocycles. The van der Waals surface area contributed by atoms with Crippen LogP contribution in [0.25, 0.3) is 16.9 Å². The molecule has 0 fully saturated rings. The lowest BCUT2D eigenvalue weighted by molar-refractivity contribution is 0.586. The van der Waals surface area contributed by atoms with Gasteiger partial charge in [-0.1, -0.05) is 0 Å². The van der Waals surface area contributed by atoms with Crippen LogP contribution >= 0.6 is 28.1 Å². The van der Waals surface area contributed by atoms with Crippen LogP contribution in [-0.2, 0) is 7.05 Å². The highest BCUT2D eigenvalue weighted by Crippen LogP contribution is 2.27. The lowest BCUT2D eigenvalue weighted by Gasteiger charge is -2.07. The van der Waals surface area contributed by atoms with Gasteiger partial charge in [0.05, 0.1) is 15.9 Å². The number of nitrogens with zero attached hydrogens (tertiary/aromatic N) is 3. The van der Waals surface area contributed by atoms with Gasteiger partial charge < -0.3 is 4.98 Å². The fourth-order valence-corrected chi connectivity index (χ4v) is 2.82. The largest absolute Gasteiger partial charge is 0.327 e. The number of halogens is 3. The van der Waals surface area contributed by atoms with Crippen LogP contribution in [0, 0.1) is 23.3 Å². The molecule has 104 valence electrons. The van der Waals surface area contributed by atoms with Crippen LogP contribution in [0.2, 0.25) is 0 Å². The van der Waals surface area contributed by atoms with Crippen LogP contribution in [0.1, 0.15) is 5.69 Å². The molecule has 0 saturated heterocycles. The van der Waals surface area contributed by atoms with Crippen molar-refractivity contribution in [2.24, 2.45) is 7.05 Å². The van der Waals surface area contributed by atoms with Gasteiger partial charge in [0.15, 0.2) is 10.4 Å². The molecule has 0 spiro atoms. The molecule has 8 heteroatoms. The number of imidazole rings is 1. The summed E-state index contributed by atoms with van der Waals surface area (Å²) in [4.78, 5) is 2.97. The minimum Gasteiger partial charge on any atom is -0.327 e. The van der Waals surface area contributed by atoms with Crippen LogP contribution in [0.3, 0.4) is 0 Å². The van der Waals surface area contributed by atoms with E-state index < -0.39 is 11.6 Å². The second kappa shape index (κ2) is 4.49. The van der Waals surface area contributed by atoms with Crippen LogP contribution in [-0.4, -0.2) is 19.3 Å². The summed E-state index contributed by atoms with van der Waals surface area (Å²) >= 11 is 8.16. The van der Waals surface area contributed by atoms with Crippen LogP contribution in [0.5, 0.6) is 0 Å². The fraction of sp³-hybridized carbons (Fsp3) is 0.167. The molecule has 1 N–H and O–H groups in total. The molecule has 0 radical (unpaired) electrons. The van der Waals surface area contributed by atoms with Gasteiger partial charge in [-0.2, -0.15) is 5.10 Å². The van der Waals surface area contributed by atoms with Crippen molar-refractivity contribution in [2.75, 3.05) is 0 Å². The molecule has 0 bridgehead atoms. The SMILES string of the molecule is Cc1nn(C)c2c1[nH]c(=S)n2-c1cc(F)c(Br)cc1F. The van der Waals surface area contributed by atoms with Crippen molar-refractivity contribution in [3.63, 3.8) is 0 Å². The third-order valence-electron chi connectivity index (χ3n) is 3.07. The number of aromatic amines is 1. The van der Waals surface area contributed by atoms with E-state index in [0.29, 0.717) is 11.2 Å². The molecular formula is C12H9BrF2N4S. The van der Waals surface area contributed by atoms with Gasteiger partial charge in [-0.05, 0) is 41.1 Å². The summed E-state index contributed by atoms with van der Waals surface area (Å²) in [6.45, 7) is 1.82. The fourth-order valence-electron chi connectivity index (χ4n) is 2.21. The minimum absolute atomic E-state index is 0.0463. The molecule has 2 heterocycles. The number of aromatic nitrogens is 4. The Morgan fingerprint density at radius 1 is 1.30 bits per heavy atom. The molecular weight excluding hydrogens is 350 g/mol. The van der Waals surface area contributed by atoms with Crippen molar-refractivity contribution < 1.29 is 8.78 Å². The Hall–Kier alpha value is -1.54. The predicted octanol–water partition coefficient (Wildman–Crippen LogP) is 3.77. The van der Waals surface area contributed by atoms with Crippen molar-refractivity contribution in [1.29, 1.82) is 0 Å². The molecule has 20 heavy (non-hydrogen) atoms. The Morgan fingerprint density at radius 3 is 2.70 bits per heavy atom. The van der Waals surface area contributed by atoms with Gasteiger partial charge in [-0.25, -0.2) is 13.5 Å². The highest BCUT2D eigenvalue weighted by Gasteiger charge is 2.18. The lowest BCUT2D eigenvalue weighted by Crippen LogP contribution is -2.03. The lowest BCUT2D eigenvalue weighted by atomic mass is 10.3. The van der Waals surface area contributed by atoms with Gasteiger partial charge in [0.1, 0.15) is 17.2 Å². The average molecular weight is 359 g/mol. The summed E-state index contributed by atoms with van der Waals surface area (Å²) in [5.74, 6) is -1.13. The van der Waals surface area contributed by atoms with Crippen molar-refractivity contribution in [1.82, 2.24) is 19.3 Å². The normalized spacial score (nSPS) is 11.4. The molecule has 0 aliphatic carbocycles. The number of fused-ring (bicyclic) bond motifs is 1. The summed E-state index contributed by atoms with van der Waals surface area (Å²) in [6.07, 6.45) is 0. The minimum atomic E-state index is -0.575. The van der Waals surface area contributed by atoms with E-state index in [1.807, 2.05) is 6.92 Å². The van der Waals surface area contributed by atoms with Crippen LogP contribution < -0.4 is 0 Å². The third kappa shape index (κ3) is 1.82. The molecule has 0 atom stereocenters. The predicted molar refractivity (Wildman–Crippen MR) is 77.6 cm³/mol.